The molecule has 1 aliphatic rings. The van der Waals surface area contributed by atoms with E-state index in [0.29, 0.717) is 18.7 Å². The Balaban J connectivity index is 1.88. The van der Waals surface area contributed by atoms with Crippen LogP contribution in [-0.4, -0.2) is 43.6 Å². The lowest BCUT2D eigenvalue weighted by Crippen LogP contribution is -2.47. The first-order valence-corrected chi connectivity index (χ1v) is 6.77. The number of β-amino-alcohol motifs (C(OH)–C–C–N with tert-alkyl or cyclic N) is 1. The molecule has 1 saturated heterocycles. The fourth-order valence-electron chi connectivity index (χ4n) is 2.39. The van der Waals surface area contributed by atoms with Gasteiger partial charge in [0.1, 0.15) is 23.4 Å². The maximum Gasteiger partial charge on any atom is 0.146 e. The quantitative estimate of drug-likeness (QED) is 0.850. The fourth-order valence-corrected chi connectivity index (χ4v) is 2.86. The number of H-pyrrole nitrogens is 1. The van der Waals surface area contributed by atoms with Crippen LogP contribution in [0.1, 0.15) is 18.5 Å². The van der Waals surface area contributed by atoms with Crippen molar-refractivity contribution in [1.82, 2.24) is 25.4 Å². The van der Waals surface area contributed by atoms with E-state index in [0.717, 1.165) is 23.3 Å². The van der Waals surface area contributed by atoms with E-state index in [9.17, 15) is 5.11 Å². The highest BCUT2D eigenvalue weighted by Crippen LogP contribution is 2.33. The Kier molecular flexibility index (Phi) is 3.19. The van der Waals surface area contributed by atoms with Crippen molar-refractivity contribution < 1.29 is 5.11 Å². The molecular weight excluding hydrogens is 312 g/mol. The van der Waals surface area contributed by atoms with Crippen LogP contribution in [0.5, 0.6) is 0 Å². The first-order chi connectivity index (χ1) is 9.19. The summed E-state index contributed by atoms with van der Waals surface area (Å²) in [4.78, 5) is 10.2. The molecule has 0 aromatic carbocycles. The molecule has 7 nitrogen and oxygen atoms in total. The number of aliphatic hydroxyl groups is 1. The van der Waals surface area contributed by atoms with E-state index in [-0.39, 0.29) is 0 Å². The predicted octanol–water partition coefficient (Wildman–Crippen LogP) is 0.845. The molecular formula is C11H13BrN6O. The van der Waals surface area contributed by atoms with Crippen molar-refractivity contribution in [2.45, 2.75) is 18.4 Å². The first-order valence-electron chi connectivity index (χ1n) is 5.98. The van der Waals surface area contributed by atoms with Gasteiger partial charge in [-0.1, -0.05) is 0 Å². The lowest BCUT2D eigenvalue weighted by molar-refractivity contribution is 0.0174. The van der Waals surface area contributed by atoms with Crippen molar-refractivity contribution >= 4 is 21.7 Å². The zero-order chi connectivity index (χ0) is 13.3. The summed E-state index contributed by atoms with van der Waals surface area (Å²) in [6.45, 7) is 1.28. The highest BCUT2D eigenvalue weighted by Gasteiger charge is 2.38. The third-order valence-corrected chi connectivity index (χ3v) is 3.87. The summed E-state index contributed by atoms with van der Waals surface area (Å²) in [5, 5.41) is 21.0. The van der Waals surface area contributed by atoms with E-state index in [1.54, 1.807) is 12.4 Å². The van der Waals surface area contributed by atoms with Crippen LogP contribution >= 0.6 is 15.9 Å². The minimum Gasteiger partial charge on any atom is -0.382 e. The van der Waals surface area contributed by atoms with E-state index in [2.05, 4.69) is 41.3 Å². The number of hydrogen-bond acceptors (Lipinski definition) is 6. The largest absolute Gasteiger partial charge is 0.382 e. The fraction of sp³-hybridized carbons (Fsp3) is 0.455. The molecule has 0 spiro atoms. The number of nitrogens with zero attached hydrogens (tertiary/aromatic N) is 5. The summed E-state index contributed by atoms with van der Waals surface area (Å²) >= 11 is 3.44. The van der Waals surface area contributed by atoms with Crippen LogP contribution in [0.3, 0.4) is 0 Å². The summed E-state index contributed by atoms with van der Waals surface area (Å²) < 4.78 is 0.819. The number of piperidine rings is 1. The molecule has 3 rings (SSSR count). The average Bonchev–Trinajstić information content (AvgIpc) is 2.94. The Morgan fingerprint density at radius 1 is 1.42 bits per heavy atom. The molecule has 1 fully saturated rings. The smallest absolute Gasteiger partial charge is 0.146 e. The van der Waals surface area contributed by atoms with E-state index in [1.807, 2.05) is 4.90 Å². The van der Waals surface area contributed by atoms with Gasteiger partial charge in [0.15, 0.2) is 0 Å². The highest BCUT2D eigenvalue weighted by molar-refractivity contribution is 9.10. The van der Waals surface area contributed by atoms with E-state index in [1.165, 1.54) is 6.33 Å². The molecule has 100 valence electrons. The normalized spacial score (nSPS) is 23.6. The third kappa shape index (κ3) is 2.33. The van der Waals surface area contributed by atoms with Crippen molar-refractivity contribution in [2.24, 2.45) is 0 Å². The van der Waals surface area contributed by atoms with Gasteiger partial charge < -0.3 is 10.0 Å². The highest BCUT2D eigenvalue weighted by atomic mass is 79.9. The minimum absolute atomic E-state index is 0.440. The van der Waals surface area contributed by atoms with E-state index in [4.69, 9.17) is 0 Å². The van der Waals surface area contributed by atoms with Gasteiger partial charge in [-0.3, -0.25) is 0 Å². The van der Waals surface area contributed by atoms with Gasteiger partial charge in [-0.2, -0.15) is 15.4 Å². The number of rotatable bonds is 2. The zero-order valence-corrected chi connectivity index (χ0v) is 11.7. The van der Waals surface area contributed by atoms with E-state index >= 15 is 0 Å². The van der Waals surface area contributed by atoms with Crippen LogP contribution < -0.4 is 4.90 Å². The maximum atomic E-state index is 10.7. The van der Waals surface area contributed by atoms with Crippen LogP contribution in [0.4, 0.5) is 5.82 Å². The average molecular weight is 325 g/mol. The molecule has 0 aliphatic carbocycles. The molecule has 19 heavy (non-hydrogen) atoms. The summed E-state index contributed by atoms with van der Waals surface area (Å²) in [6, 6.07) is 0. The minimum atomic E-state index is -0.990. The Bertz CT molecular complexity index is 562. The van der Waals surface area contributed by atoms with Gasteiger partial charge in [-0.05, 0) is 28.8 Å². The lowest BCUT2D eigenvalue weighted by atomic mass is 9.90. The second kappa shape index (κ2) is 4.86. The van der Waals surface area contributed by atoms with Gasteiger partial charge >= 0.3 is 0 Å². The molecule has 0 bridgehead atoms. The van der Waals surface area contributed by atoms with Gasteiger partial charge in [0.2, 0.25) is 0 Å². The van der Waals surface area contributed by atoms with Crippen LogP contribution in [-0.2, 0) is 5.60 Å². The SMILES string of the molecule is OC1(c2cn[nH]n2)CCCN(c2ncncc2Br)C1. The van der Waals surface area contributed by atoms with Crippen molar-refractivity contribution in [3.05, 3.63) is 28.9 Å². The maximum absolute atomic E-state index is 10.7. The third-order valence-electron chi connectivity index (χ3n) is 3.31. The molecule has 0 saturated carbocycles. The summed E-state index contributed by atoms with van der Waals surface area (Å²) in [5.41, 5.74) is -0.419. The molecule has 2 aromatic rings. The molecule has 1 atom stereocenters. The number of aromatic nitrogens is 5. The Morgan fingerprint density at radius 2 is 2.32 bits per heavy atom. The number of aromatic amines is 1. The molecule has 2 N–H and O–H groups in total. The molecule has 2 aromatic heterocycles. The second-order valence-corrected chi connectivity index (χ2v) is 5.46. The Hall–Kier alpha value is -1.54. The van der Waals surface area contributed by atoms with Gasteiger partial charge in [0.25, 0.3) is 0 Å². The van der Waals surface area contributed by atoms with Crippen LogP contribution in [0.15, 0.2) is 23.2 Å². The number of nitrogens with one attached hydrogen (secondary N) is 1. The number of hydrogen-bond donors (Lipinski definition) is 2. The van der Waals surface area contributed by atoms with Gasteiger partial charge in [-0.15, -0.1) is 0 Å². The molecule has 3 heterocycles. The monoisotopic (exact) mass is 324 g/mol. The molecule has 1 aliphatic heterocycles. The number of halogens is 1. The molecule has 0 radical (unpaired) electrons. The van der Waals surface area contributed by atoms with Crippen molar-refractivity contribution in [3.8, 4) is 0 Å². The van der Waals surface area contributed by atoms with Crippen LogP contribution in [0.2, 0.25) is 0 Å². The summed E-state index contributed by atoms with van der Waals surface area (Å²) in [7, 11) is 0. The van der Waals surface area contributed by atoms with Crippen molar-refractivity contribution in [2.75, 3.05) is 18.0 Å². The second-order valence-electron chi connectivity index (χ2n) is 4.61. The zero-order valence-electron chi connectivity index (χ0n) is 10.1. The molecule has 0 amide bonds. The predicted molar refractivity (Wildman–Crippen MR) is 71.5 cm³/mol. The molecule has 1 unspecified atom stereocenters. The summed E-state index contributed by atoms with van der Waals surface area (Å²) in [5.74, 6) is 0.789. The summed E-state index contributed by atoms with van der Waals surface area (Å²) in [6.07, 6.45) is 6.30. The van der Waals surface area contributed by atoms with Crippen molar-refractivity contribution in [3.63, 3.8) is 0 Å². The molecule has 8 heteroatoms. The Labute approximate surface area is 118 Å². The van der Waals surface area contributed by atoms with Gasteiger partial charge in [0.05, 0.1) is 17.2 Å². The Morgan fingerprint density at radius 3 is 3.05 bits per heavy atom. The van der Waals surface area contributed by atoms with E-state index < -0.39 is 5.60 Å². The van der Waals surface area contributed by atoms with Gasteiger partial charge in [0, 0.05) is 12.7 Å². The van der Waals surface area contributed by atoms with Crippen LogP contribution in [0.25, 0.3) is 0 Å². The standard InChI is InChI=1S/C11H13BrN6O/c12-8-4-13-7-14-10(8)18-3-1-2-11(19,6-18)9-5-15-17-16-9/h4-5,7,19H,1-3,6H2,(H,15,16,17). The van der Waals surface area contributed by atoms with Gasteiger partial charge in [-0.25, -0.2) is 9.97 Å². The topological polar surface area (TPSA) is 90.8 Å². The first kappa shape index (κ1) is 12.5. The van der Waals surface area contributed by atoms with Crippen molar-refractivity contribution in [1.29, 1.82) is 0 Å². The lowest BCUT2D eigenvalue weighted by Gasteiger charge is -2.38. The number of anilines is 1. The van der Waals surface area contributed by atoms with Crippen LogP contribution in [0, 0.1) is 0 Å².